The molecule has 0 aliphatic carbocycles. The van der Waals surface area contributed by atoms with Gasteiger partial charge in [0.25, 0.3) is 5.91 Å². The fraction of sp³-hybridized carbons (Fsp3) is 0.611. The lowest BCUT2D eigenvalue weighted by Gasteiger charge is -2.35. The molecular formula is C18H28N2O. The van der Waals surface area contributed by atoms with Crippen LogP contribution in [0.25, 0.3) is 0 Å². The molecule has 1 amide bonds. The van der Waals surface area contributed by atoms with Crippen molar-refractivity contribution in [3.63, 3.8) is 0 Å². The first kappa shape index (κ1) is 16.0. The topological polar surface area (TPSA) is 32.3 Å². The quantitative estimate of drug-likeness (QED) is 0.814. The summed E-state index contributed by atoms with van der Waals surface area (Å²) in [6.45, 7) is 7.36. The molecule has 1 fully saturated rings. The molecule has 1 atom stereocenters. The predicted molar refractivity (Wildman–Crippen MR) is 87.6 cm³/mol. The van der Waals surface area contributed by atoms with Gasteiger partial charge >= 0.3 is 0 Å². The van der Waals surface area contributed by atoms with Gasteiger partial charge in [0.15, 0.2) is 0 Å². The second-order valence-corrected chi connectivity index (χ2v) is 6.02. The van der Waals surface area contributed by atoms with E-state index in [1.165, 1.54) is 32.2 Å². The molecule has 0 radical (unpaired) electrons. The van der Waals surface area contributed by atoms with Crippen LogP contribution in [0, 0.1) is 6.92 Å². The number of likely N-dealkylation sites (tertiary alicyclic amines) is 1. The maximum Gasteiger partial charge on any atom is 0.251 e. The third-order valence-corrected chi connectivity index (χ3v) is 4.52. The van der Waals surface area contributed by atoms with Gasteiger partial charge in [0.05, 0.1) is 0 Å². The number of aryl methyl sites for hydroxylation is 1. The first-order valence-corrected chi connectivity index (χ1v) is 8.30. The molecule has 0 bridgehead atoms. The zero-order valence-electron chi connectivity index (χ0n) is 13.4. The van der Waals surface area contributed by atoms with Crippen LogP contribution in [0.3, 0.4) is 0 Å². The standard InChI is InChI=1S/C18H28N2O/c1-3-16-10-6-7-13-20(16)14-8-12-19-18(21)17-11-5-4-9-15(17)2/h4-5,9,11,16H,3,6-8,10,12-14H2,1-2H3,(H,19,21)/t16-/m0/s1. The van der Waals surface area contributed by atoms with Crippen LogP contribution in [0.4, 0.5) is 0 Å². The van der Waals surface area contributed by atoms with Crippen molar-refractivity contribution in [1.29, 1.82) is 0 Å². The van der Waals surface area contributed by atoms with Crippen molar-refractivity contribution < 1.29 is 4.79 Å². The second kappa shape index (κ2) is 8.18. The number of carbonyl (C=O) groups excluding carboxylic acids is 1. The van der Waals surface area contributed by atoms with Crippen molar-refractivity contribution in [3.05, 3.63) is 35.4 Å². The molecule has 3 nitrogen and oxygen atoms in total. The van der Waals surface area contributed by atoms with E-state index in [-0.39, 0.29) is 5.91 Å². The van der Waals surface area contributed by atoms with Crippen LogP contribution >= 0.6 is 0 Å². The maximum absolute atomic E-state index is 12.1. The lowest BCUT2D eigenvalue weighted by atomic mass is 10.00. The third kappa shape index (κ3) is 4.57. The average molecular weight is 288 g/mol. The number of carbonyl (C=O) groups is 1. The zero-order chi connectivity index (χ0) is 15.1. The maximum atomic E-state index is 12.1. The summed E-state index contributed by atoms with van der Waals surface area (Å²) in [6.07, 6.45) is 6.32. The fourth-order valence-electron chi connectivity index (χ4n) is 3.22. The molecule has 1 N–H and O–H groups in total. The van der Waals surface area contributed by atoms with Gasteiger partial charge in [-0.05, 0) is 50.8 Å². The minimum atomic E-state index is 0.0544. The van der Waals surface area contributed by atoms with Gasteiger partial charge in [0.2, 0.25) is 0 Å². The number of amides is 1. The number of nitrogens with one attached hydrogen (secondary N) is 1. The van der Waals surface area contributed by atoms with Gasteiger partial charge in [-0.15, -0.1) is 0 Å². The molecule has 2 rings (SSSR count). The smallest absolute Gasteiger partial charge is 0.251 e. The van der Waals surface area contributed by atoms with Crippen LogP contribution in [-0.2, 0) is 0 Å². The van der Waals surface area contributed by atoms with Crippen LogP contribution in [0.1, 0.15) is 54.9 Å². The van der Waals surface area contributed by atoms with E-state index in [1.54, 1.807) is 0 Å². The Morgan fingerprint density at radius 3 is 2.90 bits per heavy atom. The second-order valence-electron chi connectivity index (χ2n) is 6.02. The lowest BCUT2D eigenvalue weighted by Crippen LogP contribution is -2.40. The molecule has 3 heteroatoms. The van der Waals surface area contributed by atoms with Crippen molar-refractivity contribution in [1.82, 2.24) is 10.2 Å². The highest BCUT2D eigenvalue weighted by atomic mass is 16.1. The van der Waals surface area contributed by atoms with Gasteiger partial charge in [0, 0.05) is 24.7 Å². The van der Waals surface area contributed by atoms with Gasteiger partial charge in [-0.25, -0.2) is 0 Å². The summed E-state index contributed by atoms with van der Waals surface area (Å²) in [5, 5.41) is 3.05. The summed E-state index contributed by atoms with van der Waals surface area (Å²) in [4.78, 5) is 14.7. The van der Waals surface area contributed by atoms with E-state index >= 15 is 0 Å². The first-order chi connectivity index (χ1) is 10.2. The summed E-state index contributed by atoms with van der Waals surface area (Å²) < 4.78 is 0. The van der Waals surface area contributed by atoms with Crippen molar-refractivity contribution in [2.24, 2.45) is 0 Å². The minimum absolute atomic E-state index is 0.0544. The molecule has 0 aromatic heterocycles. The minimum Gasteiger partial charge on any atom is -0.352 e. The van der Waals surface area contributed by atoms with Gasteiger partial charge in [-0.3, -0.25) is 4.79 Å². The third-order valence-electron chi connectivity index (χ3n) is 4.52. The molecule has 1 saturated heterocycles. The molecule has 0 spiro atoms. The summed E-state index contributed by atoms with van der Waals surface area (Å²) >= 11 is 0. The normalized spacial score (nSPS) is 19.4. The number of nitrogens with zero attached hydrogens (tertiary/aromatic N) is 1. The molecule has 1 aromatic rings. The molecule has 116 valence electrons. The molecule has 21 heavy (non-hydrogen) atoms. The summed E-state index contributed by atoms with van der Waals surface area (Å²) in [7, 11) is 0. The van der Waals surface area contributed by atoms with Crippen molar-refractivity contribution in [2.45, 2.75) is 52.0 Å². The number of hydrogen-bond donors (Lipinski definition) is 1. The Morgan fingerprint density at radius 2 is 2.14 bits per heavy atom. The van der Waals surface area contributed by atoms with Crippen LogP contribution in [0.5, 0.6) is 0 Å². The van der Waals surface area contributed by atoms with Crippen LogP contribution < -0.4 is 5.32 Å². The van der Waals surface area contributed by atoms with Crippen molar-refractivity contribution in [3.8, 4) is 0 Å². The Hall–Kier alpha value is -1.35. The SMILES string of the molecule is CC[C@H]1CCCCN1CCCNC(=O)c1ccccc1C. The van der Waals surface area contributed by atoms with Gasteiger partial charge < -0.3 is 10.2 Å². The van der Waals surface area contributed by atoms with Crippen LogP contribution in [-0.4, -0.2) is 36.5 Å². The van der Waals surface area contributed by atoms with Gasteiger partial charge in [0.1, 0.15) is 0 Å². The summed E-state index contributed by atoms with van der Waals surface area (Å²) in [5.74, 6) is 0.0544. The predicted octanol–water partition coefficient (Wildman–Crippen LogP) is 3.38. The summed E-state index contributed by atoms with van der Waals surface area (Å²) in [5.41, 5.74) is 1.83. The average Bonchev–Trinajstić information content (AvgIpc) is 2.52. The largest absolute Gasteiger partial charge is 0.352 e. The van der Waals surface area contributed by atoms with Crippen LogP contribution in [0.15, 0.2) is 24.3 Å². The molecule has 0 unspecified atom stereocenters. The number of hydrogen-bond acceptors (Lipinski definition) is 2. The summed E-state index contributed by atoms with van der Waals surface area (Å²) in [6, 6.07) is 8.51. The van der Waals surface area contributed by atoms with E-state index in [2.05, 4.69) is 17.1 Å². The number of piperidine rings is 1. The molecule has 1 aromatic carbocycles. The Morgan fingerprint density at radius 1 is 1.33 bits per heavy atom. The Balaban J connectivity index is 1.72. The van der Waals surface area contributed by atoms with E-state index in [9.17, 15) is 4.79 Å². The highest BCUT2D eigenvalue weighted by Gasteiger charge is 2.19. The van der Waals surface area contributed by atoms with Crippen LogP contribution in [0.2, 0.25) is 0 Å². The molecule has 1 aliphatic heterocycles. The zero-order valence-corrected chi connectivity index (χ0v) is 13.4. The van der Waals surface area contributed by atoms with E-state index in [1.807, 2.05) is 31.2 Å². The fourth-order valence-corrected chi connectivity index (χ4v) is 3.22. The van der Waals surface area contributed by atoms with Crippen molar-refractivity contribution >= 4 is 5.91 Å². The van der Waals surface area contributed by atoms with E-state index in [0.29, 0.717) is 0 Å². The molecule has 0 saturated carbocycles. The Labute approximate surface area is 128 Å². The molecular weight excluding hydrogens is 260 g/mol. The van der Waals surface area contributed by atoms with Gasteiger partial charge in [-0.1, -0.05) is 31.5 Å². The number of benzene rings is 1. The first-order valence-electron chi connectivity index (χ1n) is 8.30. The Kier molecular flexibility index (Phi) is 6.24. The van der Waals surface area contributed by atoms with E-state index in [0.717, 1.165) is 36.7 Å². The molecule has 1 aliphatic rings. The monoisotopic (exact) mass is 288 g/mol. The highest BCUT2D eigenvalue weighted by molar-refractivity contribution is 5.95. The highest BCUT2D eigenvalue weighted by Crippen LogP contribution is 2.19. The molecule has 1 heterocycles. The van der Waals surface area contributed by atoms with E-state index in [4.69, 9.17) is 0 Å². The Bertz CT molecular complexity index is 458. The van der Waals surface area contributed by atoms with Gasteiger partial charge in [-0.2, -0.15) is 0 Å². The lowest BCUT2D eigenvalue weighted by molar-refractivity contribution is 0.0946. The number of rotatable bonds is 6. The van der Waals surface area contributed by atoms with Crippen molar-refractivity contribution in [2.75, 3.05) is 19.6 Å². The van der Waals surface area contributed by atoms with E-state index < -0.39 is 0 Å².